The summed E-state index contributed by atoms with van der Waals surface area (Å²) in [4.78, 5) is 13.8. The molecule has 0 aliphatic rings. The lowest BCUT2D eigenvalue weighted by atomic mass is 10.1. The van der Waals surface area contributed by atoms with Gasteiger partial charge in [0.2, 0.25) is 0 Å². The number of hydrogen-bond donors (Lipinski definition) is 2. The second-order valence-corrected chi connectivity index (χ2v) is 4.40. The molecular formula is C11H17N3OS. The van der Waals surface area contributed by atoms with Gasteiger partial charge in [-0.2, -0.15) is 11.8 Å². The number of anilines is 1. The van der Waals surface area contributed by atoms with Crippen molar-refractivity contribution in [3.05, 3.63) is 29.8 Å². The predicted molar refractivity (Wildman–Crippen MR) is 69.6 cm³/mol. The van der Waals surface area contributed by atoms with E-state index >= 15 is 0 Å². The third kappa shape index (κ3) is 3.15. The normalized spacial score (nSPS) is 9.94. The molecule has 0 aliphatic carbocycles. The first-order valence-corrected chi connectivity index (χ1v) is 6.40. The number of carbonyl (C=O) groups is 1. The third-order valence-electron chi connectivity index (χ3n) is 2.29. The van der Waals surface area contributed by atoms with E-state index in [1.54, 1.807) is 35.8 Å². The average Bonchev–Trinajstić information content (AvgIpc) is 2.34. The summed E-state index contributed by atoms with van der Waals surface area (Å²) >= 11 is 1.72. The average molecular weight is 239 g/mol. The van der Waals surface area contributed by atoms with Crippen molar-refractivity contribution in [1.29, 1.82) is 0 Å². The minimum atomic E-state index is -0.0115. The van der Waals surface area contributed by atoms with Crippen molar-refractivity contribution in [1.82, 2.24) is 4.90 Å². The highest BCUT2D eigenvalue weighted by molar-refractivity contribution is 7.98. The van der Waals surface area contributed by atoms with Gasteiger partial charge in [0.15, 0.2) is 0 Å². The molecule has 0 radical (unpaired) electrons. The van der Waals surface area contributed by atoms with Gasteiger partial charge >= 0.3 is 0 Å². The van der Waals surface area contributed by atoms with Gasteiger partial charge in [-0.1, -0.05) is 12.1 Å². The highest BCUT2D eigenvalue weighted by atomic mass is 32.2. The summed E-state index contributed by atoms with van der Waals surface area (Å²) in [6.07, 6.45) is 2.02. The third-order valence-corrected chi connectivity index (χ3v) is 2.88. The van der Waals surface area contributed by atoms with Gasteiger partial charge < -0.3 is 10.3 Å². The van der Waals surface area contributed by atoms with E-state index in [0.29, 0.717) is 11.3 Å². The van der Waals surface area contributed by atoms with Gasteiger partial charge in [0, 0.05) is 19.3 Å². The summed E-state index contributed by atoms with van der Waals surface area (Å²) < 4.78 is 0. The van der Waals surface area contributed by atoms with Crippen LogP contribution in [0.5, 0.6) is 0 Å². The quantitative estimate of drug-likeness (QED) is 0.602. The van der Waals surface area contributed by atoms with E-state index in [1.807, 2.05) is 18.4 Å². The second-order valence-electron chi connectivity index (χ2n) is 3.41. The Morgan fingerprint density at radius 2 is 2.19 bits per heavy atom. The lowest BCUT2D eigenvalue weighted by Crippen LogP contribution is -2.29. The largest absolute Gasteiger partial charge is 0.341 e. The van der Waals surface area contributed by atoms with Gasteiger partial charge in [-0.05, 0) is 18.4 Å². The van der Waals surface area contributed by atoms with Gasteiger partial charge in [0.05, 0.1) is 11.3 Å². The van der Waals surface area contributed by atoms with Crippen molar-refractivity contribution in [2.45, 2.75) is 0 Å². The molecule has 16 heavy (non-hydrogen) atoms. The number of nitrogens with two attached hydrogens (primary N) is 1. The highest BCUT2D eigenvalue weighted by Crippen LogP contribution is 2.15. The van der Waals surface area contributed by atoms with E-state index in [9.17, 15) is 4.79 Å². The Morgan fingerprint density at radius 3 is 2.81 bits per heavy atom. The number of carbonyl (C=O) groups excluding carboxylic acids is 1. The summed E-state index contributed by atoms with van der Waals surface area (Å²) in [5, 5.41) is 0. The van der Waals surface area contributed by atoms with E-state index in [2.05, 4.69) is 5.43 Å². The van der Waals surface area contributed by atoms with Gasteiger partial charge in [-0.15, -0.1) is 0 Å². The van der Waals surface area contributed by atoms with Crippen molar-refractivity contribution in [3.63, 3.8) is 0 Å². The maximum atomic E-state index is 12.1. The maximum Gasteiger partial charge on any atom is 0.255 e. The van der Waals surface area contributed by atoms with Crippen molar-refractivity contribution in [2.24, 2.45) is 5.84 Å². The molecule has 5 heteroatoms. The predicted octanol–water partition coefficient (Wildman–Crippen LogP) is 1.41. The molecule has 0 aromatic heterocycles. The summed E-state index contributed by atoms with van der Waals surface area (Å²) in [5.41, 5.74) is 3.80. The van der Waals surface area contributed by atoms with Crippen LogP contribution in [0, 0.1) is 0 Å². The minimum Gasteiger partial charge on any atom is -0.341 e. The highest BCUT2D eigenvalue weighted by Gasteiger charge is 2.14. The van der Waals surface area contributed by atoms with E-state index in [4.69, 9.17) is 5.84 Å². The van der Waals surface area contributed by atoms with Gasteiger partial charge in [0.1, 0.15) is 0 Å². The molecule has 0 saturated heterocycles. The number of para-hydroxylation sites is 1. The molecule has 0 fully saturated rings. The molecule has 0 atom stereocenters. The topological polar surface area (TPSA) is 58.4 Å². The van der Waals surface area contributed by atoms with Crippen LogP contribution in [0.25, 0.3) is 0 Å². The van der Waals surface area contributed by atoms with Crippen LogP contribution in [0.2, 0.25) is 0 Å². The minimum absolute atomic E-state index is 0.0115. The monoisotopic (exact) mass is 239 g/mol. The summed E-state index contributed by atoms with van der Waals surface area (Å²) in [7, 11) is 1.80. The van der Waals surface area contributed by atoms with Crippen molar-refractivity contribution < 1.29 is 4.79 Å². The summed E-state index contributed by atoms with van der Waals surface area (Å²) in [6.45, 7) is 0.735. The number of nitrogens with zero attached hydrogens (tertiary/aromatic N) is 1. The van der Waals surface area contributed by atoms with Crippen LogP contribution in [-0.2, 0) is 0 Å². The number of hydrogen-bond acceptors (Lipinski definition) is 4. The van der Waals surface area contributed by atoms with Gasteiger partial charge in [-0.25, -0.2) is 0 Å². The molecule has 0 bridgehead atoms. The number of nitrogen functional groups attached to an aromatic ring is 1. The number of hydrazine groups is 1. The first-order valence-electron chi connectivity index (χ1n) is 5.00. The molecule has 1 aromatic carbocycles. The van der Waals surface area contributed by atoms with Crippen LogP contribution in [0.1, 0.15) is 10.4 Å². The fourth-order valence-corrected chi connectivity index (χ4v) is 1.79. The maximum absolute atomic E-state index is 12.1. The Labute approximate surface area is 100 Å². The van der Waals surface area contributed by atoms with E-state index in [1.165, 1.54) is 0 Å². The smallest absolute Gasteiger partial charge is 0.255 e. The van der Waals surface area contributed by atoms with Crippen LogP contribution in [-0.4, -0.2) is 36.4 Å². The lowest BCUT2D eigenvalue weighted by Gasteiger charge is -2.18. The molecule has 88 valence electrons. The van der Waals surface area contributed by atoms with E-state index < -0.39 is 0 Å². The fraction of sp³-hybridized carbons (Fsp3) is 0.364. The Morgan fingerprint density at radius 1 is 1.50 bits per heavy atom. The molecule has 0 saturated carbocycles. The number of rotatable bonds is 5. The molecular weight excluding hydrogens is 222 g/mol. The molecule has 0 heterocycles. The van der Waals surface area contributed by atoms with Gasteiger partial charge in [0.25, 0.3) is 5.91 Å². The zero-order chi connectivity index (χ0) is 12.0. The van der Waals surface area contributed by atoms with Crippen LogP contribution in [0.3, 0.4) is 0 Å². The zero-order valence-corrected chi connectivity index (χ0v) is 10.4. The molecule has 1 aromatic rings. The van der Waals surface area contributed by atoms with Crippen molar-refractivity contribution >= 4 is 23.4 Å². The molecule has 4 nitrogen and oxygen atoms in total. The van der Waals surface area contributed by atoms with Crippen LogP contribution < -0.4 is 11.3 Å². The van der Waals surface area contributed by atoms with E-state index in [0.717, 1.165) is 12.3 Å². The van der Waals surface area contributed by atoms with Crippen LogP contribution >= 0.6 is 11.8 Å². The fourth-order valence-electron chi connectivity index (χ4n) is 1.33. The first kappa shape index (κ1) is 12.9. The lowest BCUT2D eigenvalue weighted by molar-refractivity contribution is 0.0804. The van der Waals surface area contributed by atoms with Gasteiger partial charge in [-0.3, -0.25) is 10.6 Å². The Bertz CT molecular complexity index is 357. The zero-order valence-electron chi connectivity index (χ0n) is 9.56. The molecule has 0 spiro atoms. The molecule has 1 amide bonds. The molecule has 3 N–H and O–H groups in total. The second kappa shape index (κ2) is 6.40. The number of amides is 1. The summed E-state index contributed by atoms with van der Waals surface area (Å²) in [5.74, 6) is 6.28. The van der Waals surface area contributed by atoms with E-state index in [-0.39, 0.29) is 5.91 Å². The molecule has 0 aliphatic heterocycles. The number of benzene rings is 1. The van der Waals surface area contributed by atoms with Crippen LogP contribution in [0.4, 0.5) is 5.69 Å². The summed E-state index contributed by atoms with van der Waals surface area (Å²) in [6, 6.07) is 7.23. The van der Waals surface area contributed by atoms with Crippen molar-refractivity contribution in [2.75, 3.05) is 31.0 Å². The Hall–Kier alpha value is -1.20. The molecule has 0 unspecified atom stereocenters. The van der Waals surface area contributed by atoms with Crippen LogP contribution in [0.15, 0.2) is 24.3 Å². The van der Waals surface area contributed by atoms with Crippen molar-refractivity contribution in [3.8, 4) is 0 Å². The SMILES string of the molecule is CSCCN(C)C(=O)c1ccccc1NN. The molecule has 1 rings (SSSR count). The first-order chi connectivity index (χ1) is 7.70. The number of thioether (sulfide) groups is 1. The Kier molecular flexibility index (Phi) is 5.14. The standard InChI is InChI=1S/C11H17N3OS/c1-14(7-8-16-2)11(15)9-5-3-4-6-10(9)13-12/h3-6,13H,7-8,12H2,1-2H3. The Balaban J connectivity index is 2.79. The number of nitrogens with one attached hydrogen (secondary N) is 1.